The zero-order valence-electron chi connectivity index (χ0n) is 14.3. The summed E-state index contributed by atoms with van der Waals surface area (Å²) in [5.41, 5.74) is 7.99. The molecule has 0 bridgehead atoms. The molecule has 23 heavy (non-hydrogen) atoms. The lowest BCUT2D eigenvalue weighted by Gasteiger charge is -2.26. The van der Waals surface area contributed by atoms with Gasteiger partial charge in [0.25, 0.3) is 0 Å². The van der Waals surface area contributed by atoms with Gasteiger partial charge in [0.15, 0.2) is 0 Å². The van der Waals surface area contributed by atoms with E-state index in [1.165, 1.54) is 50.6 Å². The van der Waals surface area contributed by atoms with Gasteiger partial charge in [0.2, 0.25) is 0 Å². The van der Waals surface area contributed by atoms with Gasteiger partial charge in [-0.05, 0) is 88.0 Å². The summed E-state index contributed by atoms with van der Waals surface area (Å²) in [6.45, 7) is 2.05. The van der Waals surface area contributed by atoms with Gasteiger partial charge in [-0.15, -0.1) is 0 Å². The molecule has 3 nitrogen and oxygen atoms in total. The molecule has 0 aromatic carbocycles. The van der Waals surface area contributed by atoms with Gasteiger partial charge in [0.1, 0.15) is 5.69 Å². The number of nitrogens with two attached hydrogens (primary N) is 1. The number of rotatable bonds is 3. The van der Waals surface area contributed by atoms with Crippen molar-refractivity contribution in [3.05, 3.63) is 29.6 Å². The fraction of sp³-hybridized carbons (Fsp3) is 0.650. The van der Waals surface area contributed by atoms with Gasteiger partial charge in [-0.2, -0.15) is 0 Å². The lowest BCUT2D eigenvalue weighted by Crippen LogP contribution is -2.21. The molecule has 1 unspecified atom stereocenters. The van der Waals surface area contributed by atoms with Crippen molar-refractivity contribution in [2.45, 2.75) is 51.0 Å². The number of hydrogen-bond donors (Lipinski definition) is 1. The maximum Gasteiger partial charge on any atom is 0.113 e. The Morgan fingerprint density at radius 2 is 1.96 bits per heavy atom. The molecular formula is C20H29N3. The molecule has 2 heterocycles. The normalized spacial score (nSPS) is 28.3. The summed E-state index contributed by atoms with van der Waals surface area (Å²) < 4.78 is 0. The fourth-order valence-electron chi connectivity index (χ4n) is 3.97. The van der Waals surface area contributed by atoms with E-state index < -0.39 is 0 Å². The van der Waals surface area contributed by atoms with E-state index in [2.05, 4.69) is 40.9 Å². The van der Waals surface area contributed by atoms with Gasteiger partial charge in [0.05, 0.1) is 0 Å². The van der Waals surface area contributed by atoms with Crippen molar-refractivity contribution in [3.63, 3.8) is 0 Å². The average Bonchev–Trinajstić information content (AvgIpc) is 3.02. The Morgan fingerprint density at radius 3 is 2.57 bits per heavy atom. The van der Waals surface area contributed by atoms with Crippen LogP contribution in [0.1, 0.15) is 62.2 Å². The summed E-state index contributed by atoms with van der Waals surface area (Å²) in [5.74, 6) is 8.11. The zero-order valence-corrected chi connectivity index (χ0v) is 14.3. The molecule has 1 atom stereocenters. The molecule has 2 aliphatic rings. The Morgan fingerprint density at radius 1 is 1.17 bits per heavy atom. The van der Waals surface area contributed by atoms with E-state index in [9.17, 15) is 0 Å². The molecular weight excluding hydrogens is 282 g/mol. The van der Waals surface area contributed by atoms with Crippen LogP contribution in [0.15, 0.2) is 18.3 Å². The zero-order chi connectivity index (χ0) is 16.1. The average molecular weight is 311 g/mol. The molecule has 2 fully saturated rings. The molecule has 0 radical (unpaired) electrons. The smallest absolute Gasteiger partial charge is 0.113 e. The van der Waals surface area contributed by atoms with E-state index in [1.54, 1.807) is 0 Å². The Hall–Kier alpha value is -1.37. The standard InChI is InChI=1S/C20H29N3/c1-23-13-3-6-20(23)18-11-12-19(22-15-18)5-2-4-16-7-9-17(14-21)10-8-16/h11-12,15-17,20H,3-4,6-10,13-14,21H2,1H3/t16-,17-,20?. The van der Waals surface area contributed by atoms with Crippen molar-refractivity contribution in [2.75, 3.05) is 20.1 Å². The molecule has 1 aliphatic carbocycles. The molecule has 1 aromatic rings. The lowest BCUT2D eigenvalue weighted by molar-refractivity contribution is 0.283. The van der Waals surface area contributed by atoms with Crippen molar-refractivity contribution in [2.24, 2.45) is 17.6 Å². The van der Waals surface area contributed by atoms with Crippen LogP contribution < -0.4 is 5.73 Å². The third-order valence-electron chi connectivity index (χ3n) is 5.60. The summed E-state index contributed by atoms with van der Waals surface area (Å²) >= 11 is 0. The van der Waals surface area contributed by atoms with Crippen molar-refractivity contribution < 1.29 is 0 Å². The minimum Gasteiger partial charge on any atom is -0.330 e. The first-order valence-electron chi connectivity index (χ1n) is 9.11. The van der Waals surface area contributed by atoms with Crippen molar-refractivity contribution in [1.82, 2.24) is 9.88 Å². The SMILES string of the molecule is CN1CCCC1c1ccc(C#CC[C@H]2CC[C@H](CN)CC2)nc1. The molecule has 3 rings (SSSR count). The first kappa shape index (κ1) is 16.5. The van der Waals surface area contributed by atoms with Crippen LogP contribution in [-0.4, -0.2) is 30.0 Å². The van der Waals surface area contributed by atoms with Gasteiger partial charge >= 0.3 is 0 Å². The highest BCUT2D eigenvalue weighted by molar-refractivity contribution is 5.30. The molecule has 1 aliphatic heterocycles. The van der Waals surface area contributed by atoms with Crippen molar-refractivity contribution in [3.8, 4) is 11.8 Å². The molecule has 2 N–H and O–H groups in total. The van der Waals surface area contributed by atoms with E-state index in [0.29, 0.717) is 6.04 Å². The predicted molar refractivity (Wildman–Crippen MR) is 94.8 cm³/mol. The van der Waals surface area contributed by atoms with Crippen LogP contribution >= 0.6 is 0 Å². The van der Waals surface area contributed by atoms with Gasteiger partial charge in [0, 0.05) is 18.7 Å². The van der Waals surface area contributed by atoms with E-state index in [4.69, 9.17) is 5.73 Å². The Labute approximate surface area is 140 Å². The quantitative estimate of drug-likeness (QED) is 0.870. The fourth-order valence-corrected chi connectivity index (χ4v) is 3.97. The minimum absolute atomic E-state index is 0.544. The van der Waals surface area contributed by atoms with E-state index >= 15 is 0 Å². The maximum absolute atomic E-state index is 5.75. The summed E-state index contributed by atoms with van der Waals surface area (Å²) in [6.07, 6.45) is 10.7. The maximum atomic E-state index is 5.75. The van der Waals surface area contributed by atoms with Gasteiger partial charge < -0.3 is 5.73 Å². The molecule has 3 heteroatoms. The van der Waals surface area contributed by atoms with Crippen LogP contribution in [0, 0.1) is 23.7 Å². The highest BCUT2D eigenvalue weighted by Crippen LogP contribution is 2.30. The predicted octanol–water partition coefficient (Wildman–Crippen LogP) is 3.36. The second kappa shape index (κ2) is 7.95. The first-order valence-corrected chi connectivity index (χ1v) is 9.11. The third kappa shape index (κ3) is 4.34. The summed E-state index contributed by atoms with van der Waals surface area (Å²) in [5, 5.41) is 0. The summed E-state index contributed by atoms with van der Waals surface area (Å²) in [4.78, 5) is 6.97. The van der Waals surface area contributed by atoms with E-state index in [0.717, 1.165) is 30.5 Å². The largest absolute Gasteiger partial charge is 0.330 e. The highest BCUT2D eigenvalue weighted by atomic mass is 15.1. The van der Waals surface area contributed by atoms with Crippen LogP contribution in [0.2, 0.25) is 0 Å². The van der Waals surface area contributed by atoms with Crippen molar-refractivity contribution >= 4 is 0 Å². The Kier molecular flexibility index (Phi) is 5.70. The molecule has 1 saturated carbocycles. The Bertz CT molecular complexity index is 546. The van der Waals surface area contributed by atoms with E-state index in [-0.39, 0.29) is 0 Å². The van der Waals surface area contributed by atoms with Crippen LogP contribution in [0.5, 0.6) is 0 Å². The first-order chi connectivity index (χ1) is 11.3. The van der Waals surface area contributed by atoms with E-state index in [1.807, 2.05) is 6.20 Å². The number of pyridine rings is 1. The Balaban J connectivity index is 1.51. The van der Waals surface area contributed by atoms with Gasteiger partial charge in [-0.1, -0.05) is 12.0 Å². The topological polar surface area (TPSA) is 42.1 Å². The van der Waals surface area contributed by atoms with Crippen LogP contribution in [0.4, 0.5) is 0 Å². The minimum atomic E-state index is 0.544. The number of nitrogens with zero attached hydrogens (tertiary/aromatic N) is 2. The lowest BCUT2D eigenvalue weighted by atomic mass is 9.81. The van der Waals surface area contributed by atoms with Crippen LogP contribution in [0.3, 0.4) is 0 Å². The number of aromatic nitrogens is 1. The monoisotopic (exact) mass is 311 g/mol. The van der Waals surface area contributed by atoms with Crippen LogP contribution in [-0.2, 0) is 0 Å². The molecule has 1 aromatic heterocycles. The molecule has 1 saturated heterocycles. The molecule has 0 amide bonds. The summed E-state index contributed by atoms with van der Waals surface area (Å²) in [6, 6.07) is 4.83. The number of likely N-dealkylation sites (tertiary alicyclic amines) is 1. The number of hydrogen-bond acceptors (Lipinski definition) is 3. The van der Waals surface area contributed by atoms with Crippen LogP contribution in [0.25, 0.3) is 0 Å². The second-order valence-electron chi connectivity index (χ2n) is 7.24. The van der Waals surface area contributed by atoms with Gasteiger partial charge in [-0.25, -0.2) is 4.98 Å². The summed E-state index contributed by atoms with van der Waals surface area (Å²) in [7, 11) is 2.20. The van der Waals surface area contributed by atoms with Crippen molar-refractivity contribution in [1.29, 1.82) is 0 Å². The molecule has 0 spiro atoms. The van der Waals surface area contributed by atoms with Gasteiger partial charge in [-0.3, -0.25) is 4.90 Å². The third-order valence-corrected chi connectivity index (χ3v) is 5.60. The second-order valence-corrected chi connectivity index (χ2v) is 7.24. The highest BCUT2D eigenvalue weighted by Gasteiger charge is 2.22. The molecule has 124 valence electrons.